The van der Waals surface area contributed by atoms with Crippen molar-refractivity contribution in [3.63, 3.8) is 0 Å². The molecule has 0 bridgehead atoms. The molecule has 0 spiro atoms. The number of amidine groups is 1. The Morgan fingerprint density at radius 3 is 2.43 bits per heavy atom. The molecular formula is C17H22F4N4O3. The van der Waals surface area contributed by atoms with Gasteiger partial charge in [0.1, 0.15) is 34.3 Å². The van der Waals surface area contributed by atoms with Crippen molar-refractivity contribution in [3.05, 3.63) is 23.6 Å². The van der Waals surface area contributed by atoms with Gasteiger partial charge in [-0.1, -0.05) is 0 Å². The monoisotopic (exact) mass is 406 g/mol. The zero-order chi connectivity index (χ0) is 21.5. The fourth-order valence-corrected chi connectivity index (χ4v) is 2.46. The van der Waals surface area contributed by atoms with Gasteiger partial charge in [-0.15, -0.1) is 0 Å². The second-order valence-electron chi connectivity index (χ2n) is 7.75. The molecule has 1 aliphatic heterocycles. The standard InChI is InChI=1S/C17H22F4N4O3/c1-14(2,3)28-13(26)24-12-16(5,17(19,20)21)27-8-15(4,25-12)11-9(18)6-7-10(22)23-11/h6-7H,8H2,1-5H3,(H2,22,23)(H,24,25,26)/t15-,16-/m1/s1. The molecule has 0 unspecified atom stereocenters. The normalized spacial score (nSPS) is 25.8. The van der Waals surface area contributed by atoms with Gasteiger partial charge >= 0.3 is 12.3 Å². The van der Waals surface area contributed by atoms with Crippen molar-refractivity contribution in [1.82, 2.24) is 10.3 Å². The molecule has 0 saturated heterocycles. The van der Waals surface area contributed by atoms with Gasteiger partial charge in [0.2, 0.25) is 5.60 Å². The zero-order valence-corrected chi connectivity index (χ0v) is 16.1. The van der Waals surface area contributed by atoms with Crippen LogP contribution < -0.4 is 11.1 Å². The highest BCUT2D eigenvalue weighted by Gasteiger charge is 2.60. The number of rotatable bonds is 1. The molecule has 1 aliphatic rings. The van der Waals surface area contributed by atoms with Crippen LogP contribution in [0, 0.1) is 5.82 Å². The first-order valence-electron chi connectivity index (χ1n) is 8.31. The summed E-state index contributed by atoms with van der Waals surface area (Å²) in [7, 11) is 0. The number of aromatic nitrogens is 1. The Kier molecular flexibility index (Phi) is 5.37. The van der Waals surface area contributed by atoms with Gasteiger partial charge in [-0.3, -0.25) is 10.3 Å². The minimum Gasteiger partial charge on any atom is -0.444 e. The van der Waals surface area contributed by atoms with Crippen molar-refractivity contribution < 1.29 is 31.8 Å². The van der Waals surface area contributed by atoms with Crippen LogP contribution >= 0.6 is 0 Å². The van der Waals surface area contributed by atoms with Crippen molar-refractivity contribution in [2.24, 2.45) is 4.99 Å². The lowest BCUT2D eigenvalue weighted by molar-refractivity contribution is -0.250. The summed E-state index contributed by atoms with van der Waals surface area (Å²) in [4.78, 5) is 19.9. The van der Waals surface area contributed by atoms with Gasteiger partial charge in [-0.25, -0.2) is 14.2 Å². The second-order valence-corrected chi connectivity index (χ2v) is 7.75. The van der Waals surface area contributed by atoms with Gasteiger partial charge in [0.25, 0.3) is 0 Å². The molecule has 0 aromatic carbocycles. The number of pyridine rings is 1. The van der Waals surface area contributed by atoms with E-state index in [1.54, 1.807) is 20.8 Å². The summed E-state index contributed by atoms with van der Waals surface area (Å²) in [5.41, 5.74) is -0.289. The number of ether oxygens (including phenoxy) is 2. The van der Waals surface area contributed by atoms with Gasteiger partial charge in [-0.05, 0) is 46.8 Å². The molecule has 0 saturated carbocycles. The number of alkyl carbamates (subject to hydrolysis) is 1. The molecular weight excluding hydrogens is 384 g/mol. The fraction of sp³-hybridized carbons (Fsp3) is 0.588. The average molecular weight is 406 g/mol. The van der Waals surface area contributed by atoms with E-state index in [0.717, 1.165) is 6.07 Å². The number of nitrogens with two attached hydrogens (primary N) is 1. The van der Waals surface area contributed by atoms with Crippen molar-refractivity contribution in [1.29, 1.82) is 0 Å². The molecule has 1 aromatic rings. The minimum absolute atomic E-state index is 0.0429. The summed E-state index contributed by atoms with van der Waals surface area (Å²) < 4.78 is 65.3. The van der Waals surface area contributed by atoms with E-state index in [-0.39, 0.29) is 11.5 Å². The van der Waals surface area contributed by atoms with Gasteiger partial charge in [0.05, 0.1) is 6.61 Å². The molecule has 1 amide bonds. The molecule has 0 fully saturated rings. The largest absolute Gasteiger partial charge is 0.444 e. The first-order chi connectivity index (χ1) is 12.6. The number of carbonyl (C=O) groups excluding carboxylic acids is 1. The second kappa shape index (κ2) is 6.87. The van der Waals surface area contributed by atoms with Crippen molar-refractivity contribution in [3.8, 4) is 0 Å². The smallest absolute Gasteiger partial charge is 0.424 e. The van der Waals surface area contributed by atoms with Crippen LogP contribution in [0.5, 0.6) is 0 Å². The molecule has 1 aromatic heterocycles. The van der Waals surface area contributed by atoms with Crippen LogP contribution in [0.15, 0.2) is 17.1 Å². The van der Waals surface area contributed by atoms with Gasteiger partial charge in [0, 0.05) is 0 Å². The Bertz CT molecular complexity index is 807. The molecule has 0 radical (unpaired) electrons. The Balaban J connectivity index is 2.54. The summed E-state index contributed by atoms with van der Waals surface area (Å²) in [5, 5.41) is 1.99. The number of nitrogen functional groups attached to an aromatic ring is 1. The van der Waals surface area contributed by atoms with Crippen molar-refractivity contribution in [2.45, 2.75) is 57.5 Å². The number of halogens is 4. The highest BCUT2D eigenvalue weighted by Crippen LogP contribution is 2.41. The number of hydrogen-bond donors (Lipinski definition) is 2. The van der Waals surface area contributed by atoms with E-state index in [1.165, 1.54) is 13.0 Å². The van der Waals surface area contributed by atoms with E-state index < -0.39 is 47.3 Å². The van der Waals surface area contributed by atoms with Crippen LogP contribution in [0.25, 0.3) is 0 Å². The van der Waals surface area contributed by atoms with Crippen molar-refractivity contribution in [2.75, 3.05) is 12.3 Å². The molecule has 156 valence electrons. The lowest BCUT2D eigenvalue weighted by Gasteiger charge is -2.41. The van der Waals surface area contributed by atoms with Gasteiger partial charge < -0.3 is 15.2 Å². The van der Waals surface area contributed by atoms with E-state index in [0.29, 0.717) is 6.92 Å². The van der Waals surface area contributed by atoms with E-state index >= 15 is 0 Å². The van der Waals surface area contributed by atoms with Crippen LogP contribution in [0.4, 0.5) is 28.2 Å². The Hall–Kier alpha value is -2.43. The third kappa shape index (κ3) is 4.34. The summed E-state index contributed by atoms with van der Waals surface area (Å²) >= 11 is 0. The van der Waals surface area contributed by atoms with Gasteiger partial charge in [0.15, 0.2) is 0 Å². The zero-order valence-electron chi connectivity index (χ0n) is 16.1. The van der Waals surface area contributed by atoms with Gasteiger partial charge in [-0.2, -0.15) is 13.2 Å². The highest BCUT2D eigenvalue weighted by atomic mass is 19.4. The van der Waals surface area contributed by atoms with Crippen LogP contribution in [0.3, 0.4) is 0 Å². The summed E-state index contributed by atoms with van der Waals surface area (Å²) in [5.74, 6) is -1.73. The Morgan fingerprint density at radius 1 is 1.29 bits per heavy atom. The quantitative estimate of drug-likeness (QED) is 0.698. The first-order valence-corrected chi connectivity index (χ1v) is 8.31. The Labute approximate surface area is 159 Å². The van der Waals surface area contributed by atoms with Crippen LogP contribution in [0.2, 0.25) is 0 Å². The average Bonchev–Trinajstić information content (AvgIpc) is 2.50. The van der Waals surface area contributed by atoms with Crippen molar-refractivity contribution >= 4 is 17.7 Å². The number of amides is 1. The molecule has 2 rings (SSSR count). The lowest BCUT2D eigenvalue weighted by Crippen LogP contribution is -2.62. The topological polar surface area (TPSA) is 98.8 Å². The minimum atomic E-state index is -4.91. The predicted molar refractivity (Wildman–Crippen MR) is 93.2 cm³/mol. The molecule has 7 nitrogen and oxygen atoms in total. The van der Waals surface area contributed by atoms with Crippen LogP contribution in [-0.4, -0.2) is 40.9 Å². The maximum Gasteiger partial charge on any atom is 0.424 e. The number of alkyl halides is 3. The molecule has 2 atom stereocenters. The molecule has 28 heavy (non-hydrogen) atoms. The Morgan fingerprint density at radius 2 is 1.89 bits per heavy atom. The number of hydrogen-bond acceptors (Lipinski definition) is 6. The molecule has 0 aliphatic carbocycles. The SMILES string of the molecule is CC(C)(C)OC(=O)NC1=N[C@@](C)(c2nc(N)ccc2F)CO[C@@]1(C)C(F)(F)F. The number of nitrogens with zero attached hydrogens (tertiary/aromatic N) is 2. The van der Waals surface area contributed by atoms with Crippen LogP contribution in [-0.2, 0) is 15.0 Å². The third-order valence-electron chi connectivity index (χ3n) is 3.99. The fourth-order valence-electron chi connectivity index (χ4n) is 2.46. The maximum absolute atomic E-state index is 14.3. The third-order valence-corrected chi connectivity index (χ3v) is 3.99. The summed E-state index contributed by atoms with van der Waals surface area (Å²) in [6, 6.07) is 2.23. The number of anilines is 1. The number of nitrogens with one attached hydrogen (secondary N) is 1. The number of aliphatic imine (C=N–C) groups is 1. The summed E-state index contributed by atoms with van der Waals surface area (Å²) in [6.45, 7) is 6.03. The number of carbonyl (C=O) groups is 1. The van der Waals surface area contributed by atoms with E-state index in [4.69, 9.17) is 15.2 Å². The van der Waals surface area contributed by atoms with E-state index in [1.807, 2.05) is 5.32 Å². The molecule has 3 N–H and O–H groups in total. The summed E-state index contributed by atoms with van der Waals surface area (Å²) in [6.07, 6.45) is -6.07. The maximum atomic E-state index is 14.3. The first kappa shape index (κ1) is 21.9. The van der Waals surface area contributed by atoms with E-state index in [9.17, 15) is 22.4 Å². The predicted octanol–water partition coefficient (Wildman–Crippen LogP) is 3.29. The molecule has 11 heteroatoms. The highest BCUT2D eigenvalue weighted by molar-refractivity contribution is 6.01. The lowest BCUT2D eigenvalue weighted by atomic mass is 9.93. The molecule has 2 heterocycles. The van der Waals surface area contributed by atoms with E-state index in [2.05, 4.69) is 9.98 Å². The van der Waals surface area contributed by atoms with Crippen LogP contribution in [0.1, 0.15) is 40.3 Å².